The third-order valence-electron chi connectivity index (χ3n) is 5.92. The zero-order valence-electron chi connectivity index (χ0n) is 18.5. The molecule has 5 aromatic carbocycles. The molecule has 0 aliphatic heterocycles. The van der Waals surface area contributed by atoms with E-state index in [9.17, 15) is 9.59 Å². The van der Waals surface area contributed by atoms with E-state index < -0.39 is 0 Å². The first kappa shape index (κ1) is 21.3. The average molecular weight is 439 g/mol. The summed E-state index contributed by atoms with van der Waals surface area (Å²) in [5.41, 5.74) is 6.35. The van der Waals surface area contributed by atoms with Gasteiger partial charge in [0, 0.05) is 22.3 Å². The molecule has 0 radical (unpaired) electrons. The molecule has 0 saturated carbocycles. The standard InChI is InChI=1S/C32H22O2/c33-31(25-11-3-1-4-12-25)29-17-9-7-15-27(29)23-19-21-24(22-20-23)28-16-8-10-18-30(28)32(34)26-13-5-2-6-14-26/h1-22H. The van der Waals surface area contributed by atoms with Crippen molar-refractivity contribution in [2.24, 2.45) is 0 Å². The molecule has 0 saturated heterocycles. The molecule has 0 heterocycles. The first-order valence-electron chi connectivity index (χ1n) is 11.2. The van der Waals surface area contributed by atoms with Crippen molar-refractivity contribution < 1.29 is 9.59 Å². The highest BCUT2D eigenvalue weighted by molar-refractivity contribution is 6.13. The second-order valence-corrected chi connectivity index (χ2v) is 8.06. The highest BCUT2D eigenvalue weighted by Crippen LogP contribution is 2.30. The van der Waals surface area contributed by atoms with Crippen LogP contribution in [0.3, 0.4) is 0 Å². The van der Waals surface area contributed by atoms with E-state index in [0.29, 0.717) is 22.3 Å². The Balaban J connectivity index is 1.50. The van der Waals surface area contributed by atoms with Crippen LogP contribution in [0.2, 0.25) is 0 Å². The quantitative estimate of drug-likeness (QED) is 0.258. The van der Waals surface area contributed by atoms with Gasteiger partial charge in [-0.3, -0.25) is 9.59 Å². The van der Waals surface area contributed by atoms with Crippen molar-refractivity contribution in [1.82, 2.24) is 0 Å². The molecule has 0 aliphatic carbocycles. The molecule has 0 fully saturated rings. The Hall–Kier alpha value is -4.56. The fraction of sp³-hybridized carbons (Fsp3) is 0. The molecule has 0 unspecified atom stereocenters. The van der Waals surface area contributed by atoms with Crippen LogP contribution in [0.1, 0.15) is 31.8 Å². The van der Waals surface area contributed by atoms with Crippen LogP contribution < -0.4 is 0 Å². The van der Waals surface area contributed by atoms with Crippen LogP contribution in [-0.2, 0) is 0 Å². The van der Waals surface area contributed by atoms with Crippen molar-refractivity contribution in [2.45, 2.75) is 0 Å². The predicted molar refractivity (Wildman–Crippen MR) is 137 cm³/mol. The number of benzene rings is 5. The second kappa shape index (κ2) is 9.51. The lowest BCUT2D eigenvalue weighted by molar-refractivity contribution is 0.103. The molecular formula is C32H22O2. The van der Waals surface area contributed by atoms with Crippen LogP contribution in [0.5, 0.6) is 0 Å². The number of carbonyl (C=O) groups excluding carboxylic acids is 2. The summed E-state index contributed by atoms with van der Waals surface area (Å²) in [6.07, 6.45) is 0. The largest absolute Gasteiger partial charge is 0.289 e. The van der Waals surface area contributed by atoms with Gasteiger partial charge in [-0.2, -0.15) is 0 Å². The van der Waals surface area contributed by atoms with Gasteiger partial charge in [0.2, 0.25) is 0 Å². The van der Waals surface area contributed by atoms with Crippen molar-refractivity contribution in [1.29, 1.82) is 0 Å². The summed E-state index contributed by atoms with van der Waals surface area (Å²) < 4.78 is 0. The molecule has 0 atom stereocenters. The van der Waals surface area contributed by atoms with Gasteiger partial charge in [-0.05, 0) is 22.3 Å². The number of rotatable bonds is 6. The van der Waals surface area contributed by atoms with E-state index in [4.69, 9.17) is 0 Å². The number of hydrogen-bond donors (Lipinski definition) is 0. The molecule has 0 aromatic heterocycles. The van der Waals surface area contributed by atoms with E-state index in [2.05, 4.69) is 0 Å². The second-order valence-electron chi connectivity index (χ2n) is 8.06. The molecule has 0 N–H and O–H groups in total. The minimum Gasteiger partial charge on any atom is -0.289 e. The van der Waals surface area contributed by atoms with E-state index in [0.717, 1.165) is 22.3 Å². The first-order chi connectivity index (χ1) is 16.7. The fourth-order valence-corrected chi connectivity index (χ4v) is 4.19. The van der Waals surface area contributed by atoms with Gasteiger partial charge >= 0.3 is 0 Å². The number of ketones is 2. The lowest BCUT2D eigenvalue weighted by Gasteiger charge is -2.12. The Morgan fingerprint density at radius 1 is 0.353 bits per heavy atom. The summed E-state index contributed by atoms with van der Waals surface area (Å²) in [5.74, 6) is -0.00170. The van der Waals surface area contributed by atoms with Gasteiger partial charge in [0.15, 0.2) is 11.6 Å². The van der Waals surface area contributed by atoms with Crippen molar-refractivity contribution in [3.05, 3.63) is 156 Å². The van der Waals surface area contributed by atoms with Crippen LogP contribution in [0, 0.1) is 0 Å². The van der Waals surface area contributed by atoms with Gasteiger partial charge in [0.05, 0.1) is 0 Å². The smallest absolute Gasteiger partial charge is 0.193 e. The highest BCUT2D eigenvalue weighted by atomic mass is 16.1. The molecule has 0 spiro atoms. The van der Waals surface area contributed by atoms with Crippen molar-refractivity contribution in [2.75, 3.05) is 0 Å². The lowest BCUT2D eigenvalue weighted by Crippen LogP contribution is -2.04. The molecule has 5 rings (SSSR count). The van der Waals surface area contributed by atoms with Gasteiger partial charge in [-0.15, -0.1) is 0 Å². The normalized spacial score (nSPS) is 10.6. The summed E-state index contributed by atoms with van der Waals surface area (Å²) in [7, 11) is 0. The van der Waals surface area contributed by atoms with Gasteiger partial charge < -0.3 is 0 Å². The van der Waals surface area contributed by atoms with E-state index >= 15 is 0 Å². The average Bonchev–Trinajstić information content (AvgIpc) is 2.93. The fourth-order valence-electron chi connectivity index (χ4n) is 4.19. The molecule has 0 bridgehead atoms. The molecule has 0 aliphatic rings. The third-order valence-corrected chi connectivity index (χ3v) is 5.92. The van der Waals surface area contributed by atoms with Crippen LogP contribution in [0.15, 0.2) is 133 Å². The Bertz CT molecular complexity index is 1340. The first-order valence-corrected chi connectivity index (χ1v) is 11.2. The maximum atomic E-state index is 13.1. The number of hydrogen-bond acceptors (Lipinski definition) is 2. The summed E-state index contributed by atoms with van der Waals surface area (Å²) in [6.45, 7) is 0. The van der Waals surface area contributed by atoms with Crippen LogP contribution in [0.4, 0.5) is 0 Å². The van der Waals surface area contributed by atoms with Crippen LogP contribution in [0.25, 0.3) is 22.3 Å². The maximum absolute atomic E-state index is 13.1. The zero-order valence-corrected chi connectivity index (χ0v) is 18.5. The van der Waals surface area contributed by atoms with Crippen LogP contribution in [-0.4, -0.2) is 11.6 Å². The van der Waals surface area contributed by atoms with Crippen molar-refractivity contribution >= 4 is 11.6 Å². The number of carbonyl (C=O) groups is 2. The van der Waals surface area contributed by atoms with E-state index in [1.54, 1.807) is 0 Å². The van der Waals surface area contributed by atoms with Gasteiger partial charge in [0.1, 0.15) is 0 Å². The molecule has 5 aromatic rings. The monoisotopic (exact) mass is 438 g/mol. The Morgan fingerprint density at radius 3 is 1.06 bits per heavy atom. The third kappa shape index (κ3) is 4.22. The molecular weight excluding hydrogens is 416 g/mol. The molecule has 2 nitrogen and oxygen atoms in total. The van der Waals surface area contributed by atoms with Crippen molar-refractivity contribution in [3.63, 3.8) is 0 Å². The summed E-state index contributed by atoms with van der Waals surface area (Å²) >= 11 is 0. The maximum Gasteiger partial charge on any atom is 0.193 e. The van der Waals surface area contributed by atoms with E-state index in [1.807, 2.05) is 133 Å². The molecule has 0 amide bonds. The SMILES string of the molecule is O=C(c1ccccc1)c1ccccc1-c1ccc(-c2ccccc2C(=O)c2ccccc2)cc1. The Morgan fingerprint density at radius 2 is 0.676 bits per heavy atom. The van der Waals surface area contributed by atoms with Gasteiger partial charge in [-0.25, -0.2) is 0 Å². The van der Waals surface area contributed by atoms with Gasteiger partial charge in [0.25, 0.3) is 0 Å². The molecule has 162 valence electrons. The van der Waals surface area contributed by atoms with Crippen molar-refractivity contribution in [3.8, 4) is 22.3 Å². The van der Waals surface area contributed by atoms with Crippen LogP contribution >= 0.6 is 0 Å². The zero-order chi connectivity index (χ0) is 23.3. The highest BCUT2D eigenvalue weighted by Gasteiger charge is 2.16. The summed E-state index contributed by atoms with van der Waals surface area (Å²) in [5, 5.41) is 0. The Labute approximate surface area is 199 Å². The predicted octanol–water partition coefficient (Wildman–Crippen LogP) is 7.48. The Kier molecular flexibility index (Phi) is 5.96. The molecule has 34 heavy (non-hydrogen) atoms. The topological polar surface area (TPSA) is 34.1 Å². The summed E-state index contributed by atoms with van der Waals surface area (Å²) in [6, 6.07) is 42.0. The van der Waals surface area contributed by atoms with Gasteiger partial charge in [-0.1, -0.05) is 133 Å². The summed E-state index contributed by atoms with van der Waals surface area (Å²) in [4.78, 5) is 26.3. The minimum absolute atomic E-state index is 0.000852. The lowest BCUT2D eigenvalue weighted by atomic mass is 9.91. The minimum atomic E-state index is -0.000852. The van der Waals surface area contributed by atoms with E-state index in [1.165, 1.54) is 0 Å². The molecule has 2 heteroatoms. The van der Waals surface area contributed by atoms with E-state index in [-0.39, 0.29) is 11.6 Å².